The van der Waals surface area contributed by atoms with Crippen molar-refractivity contribution >= 4 is 29.3 Å². The first-order chi connectivity index (χ1) is 13.6. The highest BCUT2D eigenvalue weighted by Gasteiger charge is 2.22. The van der Waals surface area contributed by atoms with Crippen molar-refractivity contribution in [2.45, 2.75) is 43.8 Å². The first-order valence-electron chi connectivity index (χ1n) is 9.29. The summed E-state index contributed by atoms with van der Waals surface area (Å²) in [6.07, 6.45) is 0.706. The van der Waals surface area contributed by atoms with Crippen LogP contribution in [0, 0.1) is 0 Å². The van der Waals surface area contributed by atoms with Crippen molar-refractivity contribution in [2.75, 3.05) is 0 Å². The summed E-state index contributed by atoms with van der Waals surface area (Å²) in [5, 5.41) is 12.9. The van der Waals surface area contributed by atoms with Gasteiger partial charge in [-0.05, 0) is 43.2 Å². The molecule has 0 bridgehead atoms. The van der Waals surface area contributed by atoms with Gasteiger partial charge in [-0.2, -0.15) is 0 Å². The Morgan fingerprint density at radius 3 is 2.46 bits per heavy atom. The highest BCUT2D eigenvalue weighted by Crippen LogP contribution is 2.28. The van der Waals surface area contributed by atoms with E-state index < -0.39 is 0 Å². The number of nitrogens with zero attached hydrogens (tertiary/aromatic N) is 3. The zero-order valence-electron chi connectivity index (χ0n) is 15.9. The number of amides is 1. The number of benzene rings is 2. The van der Waals surface area contributed by atoms with Gasteiger partial charge in [0, 0.05) is 23.7 Å². The zero-order valence-corrected chi connectivity index (χ0v) is 17.5. The third-order valence-electron chi connectivity index (χ3n) is 4.36. The molecule has 5 nitrogen and oxygen atoms in total. The van der Waals surface area contributed by atoms with Crippen LogP contribution in [0.3, 0.4) is 0 Å². The van der Waals surface area contributed by atoms with Crippen LogP contribution in [0.4, 0.5) is 0 Å². The van der Waals surface area contributed by atoms with Gasteiger partial charge in [0.15, 0.2) is 11.0 Å². The number of carbonyl (C=O) groups excluding carboxylic acids is 1. The van der Waals surface area contributed by atoms with Gasteiger partial charge in [-0.15, -0.1) is 10.2 Å². The van der Waals surface area contributed by atoms with Crippen LogP contribution in [0.2, 0.25) is 5.02 Å². The Bertz CT molecular complexity index is 912. The highest BCUT2D eigenvalue weighted by atomic mass is 35.5. The topological polar surface area (TPSA) is 59.8 Å². The van der Waals surface area contributed by atoms with Gasteiger partial charge in [-0.3, -0.25) is 4.79 Å². The summed E-state index contributed by atoms with van der Waals surface area (Å²) >= 11 is 7.44. The Morgan fingerprint density at radius 1 is 1.11 bits per heavy atom. The van der Waals surface area contributed by atoms with Crippen molar-refractivity contribution in [2.24, 2.45) is 0 Å². The molecule has 1 heterocycles. The third-order valence-corrected chi connectivity index (χ3v) is 5.95. The van der Waals surface area contributed by atoms with E-state index in [2.05, 4.69) is 15.5 Å². The summed E-state index contributed by atoms with van der Waals surface area (Å²) in [5.74, 6) is 0.788. The summed E-state index contributed by atoms with van der Waals surface area (Å²) in [6.45, 7) is 5.29. The number of rotatable bonds is 8. The number of carbonyl (C=O) groups is 1. The zero-order chi connectivity index (χ0) is 19.9. The van der Waals surface area contributed by atoms with Crippen LogP contribution in [-0.4, -0.2) is 25.9 Å². The molecular weight excluding hydrogens is 392 g/mol. The average Bonchev–Trinajstić information content (AvgIpc) is 3.14. The number of thioether (sulfide) groups is 1. The third kappa shape index (κ3) is 4.94. The molecule has 1 atom stereocenters. The van der Waals surface area contributed by atoms with Crippen molar-refractivity contribution in [3.8, 4) is 11.4 Å². The van der Waals surface area contributed by atoms with Crippen molar-refractivity contribution in [3.05, 3.63) is 65.2 Å². The second-order valence-electron chi connectivity index (χ2n) is 6.28. The Balaban J connectivity index is 1.72. The first kappa shape index (κ1) is 20.4. The van der Waals surface area contributed by atoms with Gasteiger partial charge < -0.3 is 9.88 Å². The maximum absolute atomic E-state index is 12.7. The van der Waals surface area contributed by atoms with E-state index in [1.807, 2.05) is 73.0 Å². The number of aromatic nitrogens is 3. The molecule has 1 aromatic heterocycles. The summed E-state index contributed by atoms with van der Waals surface area (Å²) < 4.78 is 2.03. The molecule has 1 unspecified atom stereocenters. The Kier molecular flexibility index (Phi) is 7.12. The van der Waals surface area contributed by atoms with Crippen LogP contribution in [0.1, 0.15) is 25.8 Å². The Hall–Kier alpha value is -2.31. The quantitative estimate of drug-likeness (QED) is 0.537. The SMILES string of the molecule is CCC(Sc1nnc(-c2ccc(Cl)cc2)n1CC)C(=O)NCc1ccccc1. The fourth-order valence-electron chi connectivity index (χ4n) is 2.82. The number of nitrogens with one attached hydrogen (secondary N) is 1. The molecule has 0 saturated carbocycles. The summed E-state index contributed by atoms with van der Waals surface area (Å²) in [7, 11) is 0. The molecule has 2 aromatic carbocycles. The van der Waals surface area contributed by atoms with Crippen molar-refractivity contribution in [3.63, 3.8) is 0 Å². The molecule has 1 N–H and O–H groups in total. The van der Waals surface area contributed by atoms with Gasteiger partial charge in [0.1, 0.15) is 0 Å². The van der Waals surface area contributed by atoms with Crippen molar-refractivity contribution < 1.29 is 4.79 Å². The molecular formula is C21H23ClN4OS. The molecule has 0 aliphatic heterocycles. The van der Waals surface area contributed by atoms with Crippen LogP contribution in [0.15, 0.2) is 59.8 Å². The maximum atomic E-state index is 12.7. The van der Waals surface area contributed by atoms with Crippen LogP contribution >= 0.6 is 23.4 Å². The molecule has 0 fully saturated rings. The van der Waals surface area contributed by atoms with E-state index >= 15 is 0 Å². The predicted octanol–water partition coefficient (Wildman–Crippen LogP) is 4.81. The lowest BCUT2D eigenvalue weighted by molar-refractivity contribution is -0.120. The van der Waals surface area contributed by atoms with E-state index in [-0.39, 0.29) is 11.2 Å². The van der Waals surface area contributed by atoms with E-state index in [0.29, 0.717) is 18.0 Å². The number of hydrogen-bond donors (Lipinski definition) is 1. The lowest BCUT2D eigenvalue weighted by atomic mass is 10.2. The second-order valence-corrected chi connectivity index (χ2v) is 7.88. The fourth-order valence-corrected chi connectivity index (χ4v) is 3.99. The smallest absolute Gasteiger partial charge is 0.233 e. The molecule has 28 heavy (non-hydrogen) atoms. The lowest BCUT2D eigenvalue weighted by Gasteiger charge is -2.15. The molecule has 0 aliphatic carbocycles. The summed E-state index contributed by atoms with van der Waals surface area (Å²) in [6, 6.07) is 17.4. The van der Waals surface area contributed by atoms with Gasteiger partial charge in [0.25, 0.3) is 0 Å². The second kappa shape index (κ2) is 9.75. The lowest BCUT2D eigenvalue weighted by Crippen LogP contribution is -2.32. The molecule has 1 amide bonds. The molecule has 7 heteroatoms. The minimum absolute atomic E-state index is 0.00930. The monoisotopic (exact) mass is 414 g/mol. The molecule has 3 aromatic rings. The maximum Gasteiger partial charge on any atom is 0.233 e. The summed E-state index contributed by atoms with van der Waals surface area (Å²) in [5.41, 5.74) is 2.03. The first-order valence-corrected chi connectivity index (χ1v) is 10.6. The van der Waals surface area contributed by atoms with Crippen LogP contribution < -0.4 is 5.32 Å². The van der Waals surface area contributed by atoms with E-state index in [1.165, 1.54) is 11.8 Å². The minimum Gasteiger partial charge on any atom is -0.351 e. The normalized spacial score (nSPS) is 12.0. The Morgan fingerprint density at radius 2 is 1.82 bits per heavy atom. The van der Waals surface area contributed by atoms with E-state index in [9.17, 15) is 4.79 Å². The molecule has 0 radical (unpaired) electrons. The number of hydrogen-bond acceptors (Lipinski definition) is 4. The molecule has 146 valence electrons. The predicted molar refractivity (Wildman–Crippen MR) is 114 cm³/mol. The molecule has 0 saturated heterocycles. The van der Waals surface area contributed by atoms with Crippen molar-refractivity contribution in [1.29, 1.82) is 0 Å². The van der Waals surface area contributed by atoms with Gasteiger partial charge in [-0.25, -0.2) is 0 Å². The minimum atomic E-state index is -0.226. The molecule has 0 aliphatic rings. The van der Waals surface area contributed by atoms with Crippen LogP contribution in [-0.2, 0) is 17.9 Å². The number of halogens is 1. The van der Waals surface area contributed by atoms with E-state index in [0.717, 1.165) is 28.7 Å². The Labute approximate surface area is 174 Å². The van der Waals surface area contributed by atoms with E-state index in [1.54, 1.807) is 0 Å². The van der Waals surface area contributed by atoms with Crippen LogP contribution in [0.25, 0.3) is 11.4 Å². The molecule has 0 spiro atoms. The van der Waals surface area contributed by atoms with E-state index in [4.69, 9.17) is 11.6 Å². The van der Waals surface area contributed by atoms with Gasteiger partial charge in [0.05, 0.1) is 5.25 Å². The molecule has 3 rings (SSSR count). The van der Waals surface area contributed by atoms with Gasteiger partial charge in [-0.1, -0.05) is 60.6 Å². The summed E-state index contributed by atoms with van der Waals surface area (Å²) in [4.78, 5) is 12.7. The fraction of sp³-hybridized carbons (Fsp3) is 0.286. The highest BCUT2D eigenvalue weighted by molar-refractivity contribution is 8.00. The van der Waals surface area contributed by atoms with Gasteiger partial charge in [0.2, 0.25) is 5.91 Å². The van der Waals surface area contributed by atoms with Crippen LogP contribution in [0.5, 0.6) is 0 Å². The van der Waals surface area contributed by atoms with Crippen molar-refractivity contribution in [1.82, 2.24) is 20.1 Å². The average molecular weight is 415 g/mol. The largest absolute Gasteiger partial charge is 0.351 e. The van der Waals surface area contributed by atoms with Gasteiger partial charge >= 0.3 is 0 Å². The standard InChI is InChI=1S/C21H23ClN4OS/c1-3-18(20(27)23-14-15-8-6-5-7-9-15)28-21-25-24-19(26(21)4-2)16-10-12-17(22)13-11-16/h5-13,18H,3-4,14H2,1-2H3,(H,23,27).